The average molecular weight is 305 g/mol. The lowest BCUT2D eigenvalue weighted by molar-refractivity contribution is 0.409. The third-order valence-corrected chi connectivity index (χ3v) is 4.65. The normalized spacial score (nSPS) is 11.3. The number of hydrogen-bond donors (Lipinski definition) is 1. The van der Waals surface area contributed by atoms with Crippen LogP contribution in [0.4, 0.5) is 0 Å². The fourth-order valence-electron chi connectivity index (χ4n) is 2.06. The molecule has 0 aliphatic heterocycles. The Morgan fingerprint density at radius 2 is 1.81 bits per heavy atom. The molecule has 2 aromatic carbocycles. The topological polar surface area (TPSA) is 55.4 Å². The number of methoxy groups -OCH3 is 1. The van der Waals surface area contributed by atoms with E-state index in [1.165, 1.54) is 0 Å². The van der Waals surface area contributed by atoms with Gasteiger partial charge in [-0.2, -0.15) is 0 Å². The third kappa shape index (κ3) is 3.83. The summed E-state index contributed by atoms with van der Waals surface area (Å²) in [6, 6.07) is 14.3. The Bertz CT molecular complexity index is 697. The molecule has 0 spiro atoms. The molecule has 5 heteroatoms. The van der Waals surface area contributed by atoms with E-state index in [1.807, 2.05) is 37.3 Å². The van der Waals surface area contributed by atoms with Crippen LogP contribution < -0.4 is 9.46 Å². The van der Waals surface area contributed by atoms with Gasteiger partial charge in [-0.25, -0.2) is 13.1 Å². The van der Waals surface area contributed by atoms with Crippen molar-refractivity contribution in [3.8, 4) is 5.75 Å². The highest BCUT2D eigenvalue weighted by Crippen LogP contribution is 2.22. The number of nitrogens with one attached hydrogen (secondary N) is 1. The van der Waals surface area contributed by atoms with Crippen molar-refractivity contribution in [1.29, 1.82) is 0 Å². The average Bonchev–Trinajstić information content (AvgIpc) is 2.53. The van der Waals surface area contributed by atoms with Gasteiger partial charge in [0.05, 0.1) is 12.0 Å². The maximum Gasteiger partial charge on any atom is 0.240 e. The SMILES string of the molecule is CCc1cc(S(=O)(=O)NCc2ccccc2)ccc1OC. The number of sulfonamides is 1. The van der Waals surface area contributed by atoms with Crippen molar-refractivity contribution >= 4 is 10.0 Å². The van der Waals surface area contributed by atoms with Crippen LogP contribution in [0.15, 0.2) is 53.4 Å². The Morgan fingerprint density at radius 1 is 1.10 bits per heavy atom. The van der Waals surface area contributed by atoms with Gasteiger partial charge in [-0.1, -0.05) is 37.3 Å². The van der Waals surface area contributed by atoms with Crippen LogP contribution in [0.3, 0.4) is 0 Å². The van der Waals surface area contributed by atoms with Gasteiger partial charge in [-0.3, -0.25) is 0 Å². The van der Waals surface area contributed by atoms with E-state index in [0.29, 0.717) is 12.2 Å². The van der Waals surface area contributed by atoms with Gasteiger partial charge >= 0.3 is 0 Å². The van der Waals surface area contributed by atoms with Gasteiger partial charge in [0.2, 0.25) is 10.0 Å². The lowest BCUT2D eigenvalue weighted by atomic mass is 10.1. The monoisotopic (exact) mass is 305 g/mol. The summed E-state index contributed by atoms with van der Waals surface area (Å²) >= 11 is 0. The summed E-state index contributed by atoms with van der Waals surface area (Å²) in [6.07, 6.45) is 0.714. The van der Waals surface area contributed by atoms with Crippen molar-refractivity contribution in [3.63, 3.8) is 0 Å². The van der Waals surface area contributed by atoms with Crippen LogP contribution in [-0.2, 0) is 23.0 Å². The summed E-state index contributed by atoms with van der Waals surface area (Å²) in [5.74, 6) is 0.708. The smallest absolute Gasteiger partial charge is 0.240 e. The summed E-state index contributed by atoms with van der Waals surface area (Å²) in [4.78, 5) is 0.260. The Morgan fingerprint density at radius 3 is 2.43 bits per heavy atom. The van der Waals surface area contributed by atoms with Crippen molar-refractivity contribution in [2.75, 3.05) is 7.11 Å². The standard InChI is InChI=1S/C16H19NO3S/c1-3-14-11-15(9-10-16(14)20-2)21(18,19)17-12-13-7-5-4-6-8-13/h4-11,17H,3,12H2,1-2H3. The molecule has 112 valence electrons. The molecule has 0 aliphatic rings. The highest BCUT2D eigenvalue weighted by Gasteiger charge is 2.15. The molecule has 21 heavy (non-hydrogen) atoms. The predicted octanol–water partition coefficient (Wildman–Crippen LogP) is 2.74. The van der Waals surface area contributed by atoms with Gasteiger partial charge in [-0.15, -0.1) is 0 Å². The van der Waals surface area contributed by atoms with Crippen molar-refractivity contribution in [2.24, 2.45) is 0 Å². The molecule has 0 fully saturated rings. The van der Waals surface area contributed by atoms with E-state index >= 15 is 0 Å². The van der Waals surface area contributed by atoms with Crippen molar-refractivity contribution in [3.05, 3.63) is 59.7 Å². The second-order valence-electron chi connectivity index (χ2n) is 4.64. The number of benzene rings is 2. The molecule has 0 atom stereocenters. The van der Waals surface area contributed by atoms with Gasteiger partial charge in [0.15, 0.2) is 0 Å². The van der Waals surface area contributed by atoms with E-state index in [2.05, 4.69) is 4.72 Å². The minimum Gasteiger partial charge on any atom is -0.496 e. The highest BCUT2D eigenvalue weighted by atomic mass is 32.2. The zero-order valence-corrected chi connectivity index (χ0v) is 13.0. The summed E-state index contributed by atoms with van der Waals surface area (Å²) in [6.45, 7) is 2.24. The van der Waals surface area contributed by atoms with Crippen molar-refractivity contribution < 1.29 is 13.2 Å². The summed E-state index contributed by atoms with van der Waals surface area (Å²) in [5.41, 5.74) is 1.80. The quantitative estimate of drug-likeness (QED) is 0.893. The lowest BCUT2D eigenvalue weighted by Crippen LogP contribution is -2.23. The second-order valence-corrected chi connectivity index (χ2v) is 6.40. The minimum absolute atomic E-state index is 0.260. The maximum atomic E-state index is 12.3. The van der Waals surface area contributed by atoms with E-state index in [4.69, 9.17) is 4.74 Å². The van der Waals surface area contributed by atoms with Gasteiger partial charge < -0.3 is 4.74 Å². The molecule has 0 saturated heterocycles. The number of rotatable bonds is 6. The lowest BCUT2D eigenvalue weighted by Gasteiger charge is -2.11. The molecule has 0 heterocycles. The molecule has 0 unspecified atom stereocenters. The number of ether oxygens (including phenoxy) is 1. The van der Waals surface area contributed by atoms with Crippen LogP contribution in [0.5, 0.6) is 5.75 Å². The predicted molar refractivity (Wildman–Crippen MR) is 82.8 cm³/mol. The first-order valence-corrected chi connectivity index (χ1v) is 8.25. The zero-order chi connectivity index (χ0) is 15.3. The molecule has 0 aliphatic carbocycles. The molecule has 2 rings (SSSR count). The van der Waals surface area contributed by atoms with Crippen molar-refractivity contribution in [2.45, 2.75) is 24.8 Å². The van der Waals surface area contributed by atoms with Gasteiger partial charge in [0, 0.05) is 6.54 Å². The first-order valence-electron chi connectivity index (χ1n) is 6.77. The Kier molecular flexibility index (Phi) is 4.98. The molecule has 0 bridgehead atoms. The molecule has 0 amide bonds. The highest BCUT2D eigenvalue weighted by molar-refractivity contribution is 7.89. The summed E-state index contributed by atoms with van der Waals surface area (Å²) in [5, 5.41) is 0. The summed E-state index contributed by atoms with van der Waals surface area (Å²) < 4.78 is 32.5. The molecule has 4 nitrogen and oxygen atoms in total. The van der Waals surface area contributed by atoms with Crippen LogP contribution >= 0.6 is 0 Å². The first kappa shape index (κ1) is 15.5. The summed E-state index contributed by atoms with van der Waals surface area (Å²) in [7, 11) is -1.94. The van der Waals surface area contributed by atoms with Gasteiger partial charge in [-0.05, 0) is 35.7 Å². The van der Waals surface area contributed by atoms with Gasteiger partial charge in [0.1, 0.15) is 5.75 Å². The van der Waals surface area contributed by atoms with Crippen LogP contribution in [0.1, 0.15) is 18.1 Å². The molecule has 2 aromatic rings. The molecule has 0 saturated carbocycles. The van der Waals surface area contributed by atoms with Crippen LogP contribution in [0, 0.1) is 0 Å². The Labute approximate surface area is 125 Å². The first-order chi connectivity index (χ1) is 10.1. The van der Waals surface area contributed by atoms with Gasteiger partial charge in [0.25, 0.3) is 0 Å². The van der Waals surface area contributed by atoms with Crippen LogP contribution in [0.25, 0.3) is 0 Å². The molecular weight excluding hydrogens is 286 g/mol. The van der Waals surface area contributed by atoms with Crippen LogP contribution in [0.2, 0.25) is 0 Å². The van der Waals surface area contributed by atoms with Crippen molar-refractivity contribution in [1.82, 2.24) is 4.72 Å². The fraction of sp³-hybridized carbons (Fsp3) is 0.250. The third-order valence-electron chi connectivity index (χ3n) is 3.25. The van der Waals surface area contributed by atoms with E-state index in [9.17, 15) is 8.42 Å². The zero-order valence-electron chi connectivity index (χ0n) is 12.2. The molecule has 0 aromatic heterocycles. The van der Waals surface area contributed by atoms with E-state index in [1.54, 1.807) is 25.3 Å². The largest absolute Gasteiger partial charge is 0.496 e. The van der Waals surface area contributed by atoms with E-state index < -0.39 is 10.0 Å². The fourth-order valence-corrected chi connectivity index (χ4v) is 3.12. The second kappa shape index (κ2) is 6.74. The molecule has 0 radical (unpaired) electrons. The Balaban J connectivity index is 2.19. The molecular formula is C16H19NO3S. The maximum absolute atomic E-state index is 12.3. The number of aryl methyl sites for hydroxylation is 1. The number of hydrogen-bond acceptors (Lipinski definition) is 3. The minimum atomic E-state index is -3.52. The Hall–Kier alpha value is -1.85. The molecule has 1 N–H and O–H groups in total. The van der Waals surface area contributed by atoms with Crippen LogP contribution in [-0.4, -0.2) is 15.5 Å². The van der Waals surface area contributed by atoms with E-state index in [-0.39, 0.29) is 11.4 Å². The van der Waals surface area contributed by atoms with E-state index in [0.717, 1.165) is 11.1 Å².